The zero-order valence-corrected chi connectivity index (χ0v) is 10.4. The van der Waals surface area contributed by atoms with Gasteiger partial charge in [-0.25, -0.2) is 9.97 Å². The highest BCUT2D eigenvalue weighted by Crippen LogP contribution is 2.19. The Bertz CT molecular complexity index is 522. The maximum Gasteiger partial charge on any atom is 0.155 e. The number of aryl methyl sites for hydroxylation is 2. The molecular formula is C10H10Cl2N4. The topological polar surface area (TPSA) is 43.6 Å². The van der Waals surface area contributed by atoms with E-state index < -0.39 is 0 Å². The molecule has 2 aromatic rings. The highest BCUT2D eigenvalue weighted by molar-refractivity contribution is 6.32. The van der Waals surface area contributed by atoms with Crippen LogP contribution in [0.3, 0.4) is 0 Å². The molecule has 0 unspecified atom stereocenters. The Morgan fingerprint density at radius 2 is 2.12 bits per heavy atom. The van der Waals surface area contributed by atoms with Crippen molar-refractivity contribution in [3.63, 3.8) is 0 Å². The summed E-state index contributed by atoms with van der Waals surface area (Å²) in [7, 11) is 0. The van der Waals surface area contributed by atoms with Gasteiger partial charge in [-0.2, -0.15) is 4.68 Å². The van der Waals surface area contributed by atoms with E-state index in [9.17, 15) is 0 Å². The van der Waals surface area contributed by atoms with E-state index in [4.69, 9.17) is 23.2 Å². The van der Waals surface area contributed by atoms with Crippen LogP contribution in [0.4, 0.5) is 0 Å². The van der Waals surface area contributed by atoms with Gasteiger partial charge in [0.2, 0.25) is 0 Å². The van der Waals surface area contributed by atoms with Crippen molar-refractivity contribution in [1.82, 2.24) is 19.7 Å². The minimum Gasteiger partial charge on any atom is -0.235 e. The van der Waals surface area contributed by atoms with Crippen LogP contribution in [0, 0.1) is 13.8 Å². The number of hydrogen-bond donors (Lipinski definition) is 0. The molecule has 0 bridgehead atoms. The molecule has 84 valence electrons. The molecule has 0 saturated heterocycles. The van der Waals surface area contributed by atoms with Crippen LogP contribution < -0.4 is 0 Å². The molecule has 0 aliphatic heterocycles. The first kappa shape index (κ1) is 11.4. The largest absolute Gasteiger partial charge is 0.235 e. The lowest BCUT2D eigenvalue weighted by Gasteiger charge is -2.05. The molecule has 0 N–H and O–H groups in total. The molecule has 0 spiro atoms. The Hall–Kier alpha value is -1.13. The molecule has 0 fully saturated rings. The molecule has 0 atom stereocenters. The Kier molecular flexibility index (Phi) is 3.12. The monoisotopic (exact) mass is 256 g/mol. The Labute approximate surface area is 103 Å². The van der Waals surface area contributed by atoms with Crippen molar-refractivity contribution >= 4 is 23.2 Å². The summed E-state index contributed by atoms with van der Waals surface area (Å²) in [5.74, 6) is 2.52. The molecule has 0 aliphatic rings. The molecule has 2 rings (SSSR count). The second-order valence-electron chi connectivity index (χ2n) is 3.39. The summed E-state index contributed by atoms with van der Waals surface area (Å²) in [5, 5.41) is 4.81. The number of hydrogen-bond acceptors (Lipinski definition) is 3. The molecule has 4 nitrogen and oxygen atoms in total. The van der Waals surface area contributed by atoms with E-state index >= 15 is 0 Å². The summed E-state index contributed by atoms with van der Waals surface area (Å²) in [6, 6.07) is 1.82. The van der Waals surface area contributed by atoms with E-state index in [-0.39, 0.29) is 0 Å². The van der Waals surface area contributed by atoms with E-state index in [1.54, 1.807) is 10.9 Å². The fourth-order valence-corrected chi connectivity index (χ4v) is 1.88. The van der Waals surface area contributed by atoms with Crippen molar-refractivity contribution < 1.29 is 0 Å². The number of nitrogens with zero attached hydrogens (tertiary/aromatic N) is 4. The molecule has 0 aromatic carbocycles. The molecule has 0 amide bonds. The van der Waals surface area contributed by atoms with Gasteiger partial charge in [0.25, 0.3) is 0 Å². The van der Waals surface area contributed by atoms with Crippen molar-refractivity contribution in [2.45, 2.75) is 19.7 Å². The van der Waals surface area contributed by atoms with Crippen LogP contribution in [0.5, 0.6) is 0 Å². The van der Waals surface area contributed by atoms with Crippen molar-refractivity contribution in [2.75, 3.05) is 0 Å². The van der Waals surface area contributed by atoms with Gasteiger partial charge in [0.15, 0.2) is 5.82 Å². The minimum absolute atomic E-state index is 0.348. The average molecular weight is 257 g/mol. The maximum absolute atomic E-state index is 5.94. The number of halogens is 2. The van der Waals surface area contributed by atoms with Crippen molar-refractivity contribution in [3.05, 3.63) is 34.5 Å². The fraction of sp³-hybridized carbons (Fsp3) is 0.300. The van der Waals surface area contributed by atoms with Crippen LogP contribution in [0.2, 0.25) is 5.02 Å². The zero-order valence-electron chi connectivity index (χ0n) is 8.91. The third-order valence-corrected chi connectivity index (χ3v) is 2.78. The molecule has 6 heteroatoms. The summed E-state index contributed by atoms with van der Waals surface area (Å²) < 4.78 is 1.67. The Morgan fingerprint density at radius 3 is 2.69 bits per heavy atom. The number of rotatable bonds is 2. The number of pyridine rings is 1. The van der Waals surface area contributed by atoms with Crippen molar-refractivity contribution in [3.8, 4) is 5.82 Å². The standard InChI is InChI=1S/C10H10Cl2N4/c1-6-14-7(2)16(15-6)10-3-8(4-11)9(12)5-13-10/h3,5H,4H2,1-2H3. The fourth-order valence-electron chi connectivity index (χ4n) is 1.42. The predicted molar refractivity (Wildman–Crippen MR) is 63.2 cm³/mol. The minimum atomic E-state index is 0.348. The van der Waals surface area contributed by atoms with E-state index in [0.717, 1.165) is 11.4 Å². The molecule has 2 heterocycles. The first-order chi connectivity index (χ1) is 7.61. The van der Waals surface area contributed by atoms with Gasteiger partial charge in [-0.05, 0) is 25.5 Å². The van der Waals surface area contributed by atoms with Gasteiger partial charge in [-0.3, -0.25) is 0 Å². The van der Waals surface area contributed by atoms with Crippen LogP contribution in [0.25, 0.3) is 5.82 Å². The lowest BCUT2D eigenvalue weighted by Crippen LogP contribution is -2.03. The van der Waals surface area contributed by atoms with Crippen LogP contribution >= 0.6 is 23.2 Å². The van der Waals surface area contributed by atoms with Gasteiger partial charge in [-0.15, -0.1) is 16.7 Å². The Balaban J connectivity index is 2.52. The maximum atomic E-state index is 5.94. The van der Waals surface area contributed by atoms with Gasteiger partial charge in [0.05, 0.1) is 5.02 Å². The van der Waals surface area contributed by atoms with E-state index in [1.807, 2.05) is 19.9 Å². The SMILES string of the molecule is Cc1nc(C)n(-c2cc(CCl)c(Cl)cn2)n1. The summed E-state index contributed by atoms with van der Waals surface area (Å²) in [4.78, 5) is 8.41. The zero-order chi connectivity index (χ0) is 11.7. The first-order valence-corrected chi connectivity index (χ1v) is 5.64. The van der Waals surface area contributed by atoms with Crippen LogP contribution in [-0.2, 0) is 5.88 Å². The second kappa shape index (κ2) is 4.39. The van der Waals surface area contributed by atoms with Gasteiger partial charge in [0.1, 0.15) is 11.6 Å². The predicted octanol–water partition coefficient (Wildman–Crippen LogP) is 2.67. The number of alkyl halides is 1. The lowest BCUT2D eigenvalue weighted by molar-refractivity contribution is 0.802. The van der Waals surface area contributed by atoms with E-state index in [1.165, 1.54) is 0 Å². The quantitative estimate of drug-likeness (QED) is 0.777. The molecule has 0 radical (unpaired) electrons. The van der Waals surface area contributed by atoms with Crippen molar-refractivity contribution in [1.29, 1.82) is 0 Å². The normalized spacial score (nSPS) is 10.8. The third-order valence-electron chi connectivity index (χ3n) is 2.16. The highest BCUT2D eigenvalue weighted by Gasteiger charge is 2.08. The summed E-state index contributed by atoms with van der Waals surface area (Å²) >= 11 is 11.7. The first-order valence-electron chi connectivity index (χ1n) is 4.73. The summed E-state index contributed by atoms with van der Waals surface area (Å²) in [5.41, 5.74) is 0.834. The molecule has 0 saturated carbocycles. The lowest BCUT2D eigenvalue weighted by atomic mass is 10.3. The van der Waals surface area contributed by atoms with E-state index in [2.05, 4.69) is 15.1 Å². The molecule has 2 aromatic heterocycles. The summed E-state index contributed by atoms with van der Waals surface area (Å²) in [6.07, 6.45) is 1.57. The highest BCUT2D eigenvalue weighted by atomic mass is 35.5. The van der Waals surface area contributed by atoms with Gasteiger partial charge in [-0.1, -0.05) is 11.6 Å². The van der Waals surface area contributed by atoms with Gasteiger partial charge in [0, 0.05) is 12.1 Å². The van der Waals surface area contributed by atoms with Gasteiger partial charge < -0.3 is 0 Å². The molecular weight excluding hydrogens is 247 g/mol. The smallest absolute Gasteiger partial charge is 0.155 e. The van der Waals surface area contributed by atoms with Gasteiger partial charge >= 0.3 is 0 Å². The molecule has 0 aliphatic carbocycles. The Morgan fingerprint density at radius 1 is 1.38 bits per heavy atom. The van der Waals surface area contributed by atoms with Crippen LogP contribution in [0.15, 0.2) is 12.3 Å². The van der Waals surface area contributed by atoms with Crippen molar-refractivity contribution in [2.24, 2.45) is 0 Å². The van der Waals surface area contributed by atoms with E-state index in [0.29, 0.717) is 22.5 Å². The van der Waals surface area contributed by atoms with Crippen LogP contribution in [-0.4, -0.2) is 19.7 Å². The van der Waals surface area contributed by atoms with Crippen LogP contribution in [0.1, 0.15) is 17.2 Å². The second-order valence-corrected chi connectivity index (χ2v) is 4.06. The summed E-state index contributed by atoms with van der Waals surface area (Å²) in [6.45, 7) is 3.71. The third kappa shape index (κ3) is 2.03. The molecule has 16 heavy (non-hydrogen) atoms. The average Bonchev–Trinajstić information content (AvgIpc) is 2.59. The number of aromatic nitrogens is 4.